The van der Waals surface area contributed by atoms with Gasteiger partial charge in [0.15, 0.2) is 5.82 Å². The van der Waals surface area contributed by atoms with Crippen LogP contribution in [-0.4, -0.2) is 15.3 Å². The molecule has 1 heterocycles. The maximum Gasteiger partial charge on any atom is 0.419 e. The van der Waals surface area contributed by atoms with Crippen molar-refractivity contribution in [2.75, 3.05) is 11.9 Å². The molecule has 0 atom stereocenters. The van der Waals surface area contributed by atoms with Gasteiger partial charge in [-0.2, -0.15) is 21.9 Å². The first-order valence-corrected chi connectivity index (χ1v) is 6.60. The molecule has 108 valence electrons. The van der Waals surface area contributed by atoms with Crippen LogP contribution in [0.5, 0.6) is 0 Å². The number of hydrogen-bond acceptors (Lipinski definition) is 4. The van der Waals surface area contributed by atoms with E-state index in [1.54, 1.807) is 0 Å². The van der Waals surface area contributed by atoms with E-state index in [4.69, 9.17) is 0 Å². The van der Waals surface area contributed by atoms with Crippen molar-refractivity contribution in [2.45, 2.75) is 19.5 Å². The number of aromatic nitrogens is 2. The van der Waals surface area contributed by atoms with Crippen molar-refractivity contribution in [1.82, 2.24) is 8.75 Å². The van der Waals surface area contributed by atoms with Gasteiger partial charge in [-0.1, -0.05) is 6.92 Å². The quantitative estimate of drug-likeness (QED) is 0.861. The molecule has 0 spiro atoms. The van der Waals surface area contributed by atoms with Crippen molar-refractivity contribution in [3.8, 4) is 11.3 Å². The molecule has 2 rings (SSSR count). The number of alkyl halides is 3. The number of nitrogens with one attached hydrogen (secondary N) is 1. The van der Waals surface area contributed by atoms with E-state index in [0.29, 0.717) is 18.1 Å². The Morgan fingerprint density at radius 3 is 2.65 bits per heavy atom. The van der Waals surface area contributed by atoms with Crippen LogP contribution in [0.3, 0.4) is 0 Å². The third-order valence-electron chi connectivity index (χ3n) is 2.58. The first kappa shape index (κ1) is 14.7. The van der Waals surface area contributed by atoms with E-state index >= 15 is 0 Å². The van der Waals surface area contributed by atoms with Crippen molar-refractivity contribution < 1.29 is 17.6 Å². The van der Waals surface area contributed by atoms with E-state index in [9.17, 15) is 17.6 Å². The van der Waals surface area contributed by atoms with Gasteiger partial charge in [-0.3, -0.25) is 0 Å². The molecule has 0 bridgehead atoms. The lowest BCUT2D eigenvalue weighted by Crippen LogP contribution is -2.08. The number of benzene rings is 1. The van der Waals surface area contributed by atoms with Crippen LogP contribution in [0.4, 0.5) is 23.4 Å². The van der Waals surface area contributed by atoms with Crippen molar-refractivity contribution in [2.24, 2.45) is 0 Å². The first-order valence-electron chi connectivity index (χ1n) is 5.87. The second-order valence-electron chi connectivity index (χ2n) is 4.08. The maximum absolute atomic E-state index is 13.2. The lowest BCUT2D eigenvalue weighted by molar-refractivity contribution is -0.139. The summed E-state index contributed by atoms with van der Waals surface area (Å²) in [7, 11) is 0. The van der Waals surface area contributed by atoms with Gasteiger partial charge in [0.1, 0.15) is 11.5 Å². The van der Waals surface area contributed by atoms with E-state index in [2.05, 4.69) is 14.1 Å². The van der Waals surface area contributed by atoms with Crippen LogP contribution in [-0.2, 0) is 6.18 Å². The Morgan fingerprint density at radius 2 is 2.00 bits per heavy atom. The minimum Gasteiger partial charge on any atom is -0.367 e. The molecule has 0 fully saturated rings. The summed E-state index contributed by atoms with van der Waals surface area (Å²) in [6, 6.07) is 2.81. The van der Waals surface area contributed by atoms with E-state index < -0.39 is 17.6 Å². The lowest BCUT2D eigenvalue weighted by Gasteiger charge is -2.10. The normalized spacial score (nSPS) is 11.7. The van der Waals surface area contributed by atoms with Gasteiger partial charge in [-0.25, -0.2) is 4.39 Å². The van der Waals surface area contributed by atoms with Crippen molar-refractivity contribution in [3.05, 3.63) is 29.6 Å². The Balaban J connectivity index is 2.41. The van der Waals surface area contributed by atoms with E-state index in [-0.39, 0.29) is 5.56 Å². The summed E-state index contributed by atoms with van der Waals surface area (Å²) in [6.07, 6.45) is -3.89. The van der Waals surface area contributed by atoms with E-state index in [1.165, 1.54) is 6.07 Å². The Bertz CT molecular complexity index is 595. The van der Waals surface area contributed by atoms with Crippen LogP contribution in [0, 0.1) is 5.82 Å². The van der Waals surface area contributed by atoms with Gasteiger partial charge in [0.2, 0.25) is 0 Å². The van der Waals surface area contributed by atoms with Crippen LogP contribution >= 0.6 is 11.7 Å². The molecule has 0 aliphatic carbocycles. The zero-order chi connectivity index (χ0) is 14.8. The van der Waals surface area contributed by atoms with Gasteiger partial charge in [0.25, 0.3) is 0 Å². The average molecular weight is 305 g/mol. The predicted molar refractivity (Wildman–Crippen MR) is 69.1 cm³/mol. The second-order valence-corrected chi connectivity index (χ2v) is 4.61. The highest BCUT2D eigenvalue weighted by Gasteiger charge is 2.34. The summed E-state index contributed by atoms with van der Waals surface area (Å²) in [5, 5.41) is 2.98. The van der Waals surface area contributed by atoms with Gasteiger partial charge in [0.05, 0.1) is 17.3 Å². The molecule has 2 aromatic rings. The van der Waals surface area contributed by atoms with E-state index in [0.717, 1.165) is 30.3 Å². The van der Waals surface area contributed by atoms with Crippen molar-refractivity contribution in [1.29, 1.82) is 0 Å². The summed E-state index contributed by atoms with van der Waals surface area (Å²) < 4.78 is 59.3. The number of hydrogen-bond donors (Lipinski definition) is 1. The number of halogens is 4. The van der Waals surface area contributed by atoms with Gasteiger partial charge < -0.3 is 5.32 Å². The molecule has 0 saturated heterocycles. The fourth-order valence-electron chi connectivity index (χ4n) is 1.63. The standard InChI is InChI=1S/C12H11F4N3S/c1-2-5-17-11-10(18-20-19-11)7-3-4-9(13)8(6-7)12(14,15)16/h3-4,6H,2,5H2,1H3,(H,17,19). The highest BCUT2D eigenvalue weighted by Crippen LogP contribution is 2.35. The topological polar surface area (TPSA) is 37.8 Å². The molecule has 0 aliphatic rings. The fourth-order valence-corrected chi connectivity index (χ4v) is 2.17. The SMILES string of the molecule is CCCNc1nsnc1-c1ccc(F)c(C(F)(F)F)c1. The van der Waals surface area contributed by atoms with Gasteiger partial charge in [0, 0.05) is 12.1 Å². The van der Waals surface area contributed by atoms with Crippen LogP contribution in [0.2, 0.25) is 0 Å². The van der Waals surface area contributed by atoms with Crippen molar-refractivity contribution >= 4 is 17.5 Å². The Morgan fingerprint density at radius 1 is 1.25 bits per heavy atom. The van der Waals surface area contributed by atoms with Crippen LogP contribution in [0.15, 0.2) is 18.2 Å². The summed E-state index contributed by atoms with van der Waals surface area (Å²) >= 11 is 0.892. The Hall–Kier alpha value is -1.70. The predicted octanol–water partition coefficient (Wildman–Crippen LogP) is 4.18. The highest BCUT2D eigenvalue weighted by atomic mass is 32.1. The Labute approximate surface area is 117 Å². The molecule has 20 heavy (non-hydrogen) atoms. The maximum atomic E-state index is 13.2. The molecule has 0 unspecified atom stereocenters. The van der Waals surface area contributed by atoms with Gasteiger partial charge >= 0.3 is 6.18 Å². The lowest BCUT2D eigenvalue weighted by atomic mass is 10.1. The molecule has 0 saturated carbocycles. The first-order chi connectivity index (χ1) is 9.43. The molecule has 8 heteroatoms. The molecule has 0 amide bonds. The second kappa shape index (κ2) is 5.74. The zero-order valence-electron chi connectivity index (χ0n) is 10.5. The monoisotopic (exact) mass is 305 g/mol. The van der Waals surface area contributed by atoms with Gasteiger partial charge in [-0.05, 0) is 24.6 Å². The third kappa shape index (κ3) is 3.06. The number of nitrogens with zero attached hydrogens (tertiary/aromatic N) is 2. The highest BCUT2D eigenvalue weighted by molar-refractivity contribution is 6.99. The smallest absolute Gasteiger partial charge is 0.367 e. The molecule has 1 aromatic carbocycles. The molecule has 1 aromatic heterocycles. The Kier molecular flexibility index (Phi) is 4.22. The number of rotatable bonds is 4. The molecule has 1 N–H and O–H groups in total. The molecule has 0 aliphatic heterocycles. The summed E-state index contributed by atoms with van der Waals surface area (Å²) in [5.74, 6) is -0.885. The number of anilines is 1. The van der Waals surface area contributed by atoms with E-state index in [1.807, 2.05) is 6.92 Å². The molecular formula is C12H11F4N3S. The summed E-state index contributed by atoms with van der Waals surface area (Å²) in [5.41, 5.74) is -0.815. The van der Waals surface area contributed by atoms with Crippen LogP contribution < -0.4 is 5.32 Å². The van der Waals surface area contributed by atoms with Crippen molar-refractivity contribution in [3.63, 3.8) is 0 Å². The summed E-state index contributed by atoms with van der Waals surface area (Å²) in [6.45, 7) is 2.58. The summed E-state index contributed by atoms with van der Waals surface area (Å²) in [4.78, 5) is 0. The minimum absolute atomic E-state index is 0.186. The zero-order valence-corrected chi connectivity index (χ0v) is 11.3. The van der Waals surface area contributed by atoms with Crippen LogP contribution in [0.1, 0.15) is 18.9 Å². The molecule has 0 radical (unpaired) electrons. The molecule has 3 nitrogen and oxygen atoms in total. The third-order valence-corrected chi connectivity index (χ3v) is 3.10. The van der Waals surface area contributed by atoms with Crippen LogP contribution in [0.25, 0.3) is 11.3 Å². The fraction of sp³-hybridized carbons (Fsp3) is 0.333. The average Bonchev–Trinajstić information content (AvgIpc) is 2.84. The largest absolute Gasteiger partial charge is 0.419 e. The minimum atomic E-state index is -4.74. The van der Waals surface area contributed by atoms with Gasteiger partial charge in [-0.15, -0.1) is 0 Å². The molecular weight excluding hydrogens is 294 g/mol.